The van der Waals surface area contributed by atoms with Crippen molar-refractivity contribution in [1.82, 2.24) is 42.5 Å². The maximum atomic E-state index is 11.7. The average molecular weight is 2070 g/mol. The van der Waals surface area contributed by atoms with Crippen LogP contribution >= 0.6 is 0 Å². The lowest BCUT2D eigenvalue weighted by molar-refractivity contribution is -0.124. The molecule has 0 spiro atoms. The molecule has 0 heterocycles. The molecule has 16 aliphatic rings. The number of hydrogen-bond donors (Lipinski definition) is 14. The highest BCUT2D eigenvalue weighted by molar-refractivity contribution is 5.79. The number of hydrogen-bond acceptors (Lipinski definition) is 16. The van der Waals surface area contributed by atoms with E-state index in [1.807, 2.05) is 0 Å². The predicted octanol–water partition coefficient (Wildman–Crippen LogP) is 26.2. The Kier molecular flexibility index (Phi) is 49.7. The number of unbranched alkanes of at least 4 members (excludes halogenated alkanes) is 4. The number of carbonyl (C=O) groups excluding carboxylic acids is 2. The molecule has 16 aliphatic carbocycles. The molecule has 0 amide bonds. The van der Waals surface area contributed by atoms with Crippen molar-refractivity contribution >= 4 is 11.6 Å². The fraction of sp³-hybridized carbons (Fsp3) is 0.985. The second kappa shape index (κ2) is 59.4. The van der Waals surface area contributed by atoms with E-state index >= 15 is 0 Å². The third kappa shape index (κ3) is 30.6. The first-order valence-corrected chi connectivity index (χ1v) is 66.1. The minimum Gasteiger partial charge on any atom is -0.389 e. The van der Waals surface area contributed by atoms with E-state index in [1.54, 1.807) is 25.7 Å². The molecule has 860 valence electrons. The van der Waals surface area contributed by atoms with Crippen molar-refractivity contribution in [1.29, 1.82) is 0 Å². The summed E-state index contributed by atoms with van der Waals surface area (Å²) in [5.74, 6) is 23.6. The number of ketones is 2. The number of carbonyl (C=O) groups is 2. The Hall–Kier alpha value is -1.22. The molecule has 0 radical (unpaired) electrons. The van der Waals surface area contributed by atoms with Crippen molar-refractivity contribution in [3.63, 3.8) is 0 Å². The first-order valence-electron chi connectivity index (χ1n) is 66.1. The van der Waals surface area contributed by atoms with Crippen LogP contribution in [0, 0.1) is 197 Å². The van der Waals surface area contributed by atoms with Crippen molar-refractivity contribution in [2.45, 2.75) is 507 Å². The Morgan fingerprint density at radius 1 is 0.243 bits per heavy atom. The van der Waals surface area contributed by atoms with Crippen molar-refractivity contribution in [2.24, 2.45) is 220 Å². The van der Waals surface area contributed by atoms with Gasteiger partial charge in [-0.15, -0.1) is 0 Å². The maximum Gasteiger partial charge on any atom is 0.158 e. The molecule has 18 N–H and O–H groups in total. The van der Waals surface area contributed by atoms with Gasteiger partial charge in [-0.05, 0) is 623 Å². The lowest BCUT2D eigenvalue weighted by Gasteiger charge is -2.61. The zero-order valence-corrected chi connectivity index (χ0v) is 100. The van der Waals surface area contributed by atoms with E-state index in [0.29, 0.717) is 68.0 Å². The minimum atomic E-state index is -0.288. The molecular formula is C132H248N12O4. The number of aliphatic hydroxyl groups excluding tert-OH is 2. The minimum absolute atomic E-state index is 0.0154. The molecule has 0 aromatic rings. The standard InChI is InChI=1S/2C34H65N3.2C32H59N3O2/c2*1-25(2)10-8-11-26(3)30-14-15-31-29-13-12-27-24-28(37-23-9-22-36-21-7-6-20-35)16-18-33(27,4)32(29)17-19-34(30,31)5;2*1-23(7-9-26(37)22-36)28-11-12-29-27-10-8-24-21-25(35-20-6-19-34-18-5-4-17-33)13-15-31(24,2)30(27)14-16-32(28,29)3/h2*25-32,36-37H,6-24,35H2,1-5H3;2*23-25,27-30,34-36H,4-22,33H2,1-3H3/t26?,27-,28+,29?,30+,31?,32?,33-,34+;26?,27-,28-,29?,30+,31?,32?,33-,34+;23?,24-,25+,27?,28+,29?,30?,31-,32+;23?,24-,25-,27?,28+,29?,30?,31-,32+/m0000/s1. The van der Waals surface area contributed by atoms with Crippen LogP contribution in [0.1, 0.15) is 483 Å². The summed E-state index contributed by atoms with van der Waals surface area (Å²) in [5.41, 5.74) is 26.9. The molecule has 16 unspecified atom stereocenters. The summed E-state index contributed by atoms with van der Waals surface area (Å²) in [7, 11) is 0. The van der Waals surface area contributed by atoms with Crippen LogP contribution in [0.4, 0.5) is 0 Å². The molecule has 0 aromatic heterocycles. The van der Waals surface area contributed by atoms with Gasteiger partial charge in [0.05, 0.1) is 0 Å². The van der Waals surface area contributed by atoms with Crippen molar-refractivity contribution in [3.8, 4) is 0 Å². The predicted molar refractivity (Wildman–Crippen MR) is 628 cm³/mol. The van der Waals surface area contributed by atoms with Crippen LogP contribution in [0.15, 0.2) is 0 Å². The molecule has 148 heavy (non-hydrogen) atoms. The van der Waals surface area contributed by atoms with Gasteiger partial charge in [0.25, 0.3) is 0 Å². The molecular weight excluding hydrogens is 1820 g/mol. The summed E-state index contributed by atoms with van der Waals surface area (Å²) in [6.07, 6.45) is 78.4. The summed E-state index contributed by atoms with van der Waals surface area (Å²) in [5, 5.41) is 48.4. The zero-order chi connectivity index (χ0) is 106. The van der Waals surface area contributed by atoms with Crippen LogP contribution in [0.3, 0.4) is 0 Å². The van der Waals surface area contributed by atoms with Gasteiger partial charge in [-0.3, -0.25) is 9.59 Å². The third-order valence-corrected chi connectivity index (χ3v) is 49.8. The second-order valence-electron chi connectivity index (χ2n) is 58.7. The summed E-state index contributed by atoms with van der Waals surface area (Å²) in [6, 6.07) is 2.98. The van der Waals surface area contributed by atoms with E-state index in [-0.39, 0.29) is 24.8 Å². The van der Waals surface area contributed by atoms with Gasteiger partial charge in [0.15, 0.2) is 11.6 Å². The van der Waals surface area contributed by atoms with E-state index in [1.165, 1.54) is 308 Å². The highest BCUT2D eigenvalue weighted by Gasteiger charge is 2.67. The van der Waals surface area contributed by atoms with Crippen LogP contribution in [-0.4, -0.2) is 164 Å². The molecule has 16 nitrogen and oxygen atoms in total. The Morgan fingerprint density at radius 3 is 0.682 bits per heavy atom. The Morgan fingerprint density at radius 2 is 0.459 bits per heavy atom. The molecule has 0 bridgehead atoms. The van der Waals surface area contributed by atoms with Crippen LogP contribution < -0.4 is 65.5 Å². The first-order chi connectivity index (χ1) is 71.2. The third-order valence-electron chi connectivity index (χ3n) is 49.8. The zero-order valence-electron chi connectivity index (χ0n) is 100. The van der Waals surface area contributed by atoms with Crippen LogP contribution in [0.25, 0.3) is 0 Å². The lowest BCUT2D eigenvalue weighted by atomic mass is 9.44. The summed E-state index contributed by atoms with van der Waals surface area (Å²) < 4.78 is 0. The summed E-state index contributed by atoms with van der Waals surface area (Å²) >= 11 is 0. The molecule has 16 saturated carbocycles. The molecule has 0 aromatic carbocycles. The Balaban J connectivity index is 0.000000165. The molecule has 16 fully saturated rings. The van der Waals surface area contributed by atoms with Crippen molar-refractivity contribution in [3.05, 3.63) is 0 Å². The number of nitrogens with two attached hydrogens (primary N) is 4. The number of fused-ring (bicyclic) bond motifs is 20. The Labute approximate surface area is 913 Å². The van der Waals surface area contributed by atoms with Gasteiger partial charge >= 0.3 is 0 Å². The quantitative estimate of drug-likeness (QED) is 0.0252. The Bertz CT molecular complexity index is 3520. The maximum absolute atomic E-state index is 11.7. The fourth-order valence-corrected chi connectivity index (χ4v) is 41.3. The van der Waals surface area contributed by atoms with Gasteiger partial charge in [-0.2, -0.15) is 0 Å². The average Bonchev–Trinajstić information content (AvgIpc) is 1.49. The van der Waals surface area contributed by atoms with Crippen LogP contribution in [0.5, 0.6) is 0 Å². The van der Waals surface area contributed by atoms with E-state index in [9.17, 15) is 9.59 Å². The van der Waals surface area contributed by atoms with Gasteiger partial charge < -0.3 is 75.7 Å². The topological polar surface area (TPSA) is 275 Å². The van der Waals surface area contributed by atoms with Gasteiger partial charge in [-0.25, -0.2) is 0 Å². The molecule has 0 saturated heterocycles. The molecule has 0 aliphatic heterocycles. The fourth-order valence-electron chi connectivity index (χ4n) is 41.3. The largest absolute Gasteiger partial charge is 0.389 e. The van der Waals surface area contributed by atoms with Crippen molar-refractivity contribution in [2.75, 3.05) is 118 Å². The number of nitrogens with one attached hydrogen (secondary N) is 8. The highest BCUT2D eigenvalue weighted by Crippen LogP contribution is 2.74. The summed E-state index contributed by atoms with van der Waals surface area (Å²) in [4.78, 5) is 23.5. The van der Waals surface area contributed by atoms with Crippen LogP contribution in [0.2, 0.25) is 0 Å². The van der Waals surface area contributed by atoms with Gasteiger partial charge in [0.1, 0.15) is 13.2 Å². The highest BCUT2D eigenvalue weighted by atomic mass is 16.3. The van der Waals surface area contributed by atoms with E-state index in [4.69, 9.17) is 33.1 Å². The van der Waals surface area contributed by atoms with Crippen LogP contribution in [-0.2, 0) is 9.59 Å². The molecule has 36 atom stereocenters. The first kappa shape index (κ1) is 124. The smallest absolute Gasteiger partial charge is 0.158 e. The molecule has 16 heteroatoms. The van der Waals surface area contributed by atoms with E-state index in [2.05, 4.69) is 153 Å². The lowest BCUT2D eigenvalue weighted by Crippen LogP contribution is -2.55. The van der Waals surface area contributed by atoms with Gasteiger partial charge in [-0.1, -0.05) is 149 Å². The van der Waals surface area contributed by atoms with Crippen molar-refractivity contribution < 1.29 is 19.8 Å². The number of aliphatic hydroxyl groups is 2. The van der Waals surface area contributed by atoms with E-state index < -0.39 is 0 Å². The normalized spacial score (nSPS) is 40.2. The second-order valence-corrected chi connectivity index (χ2v) is 58.7. The summed E-state index contributed by atoms with van der Waals surface area (Å²) in [6.45, 7) is 57.6. The monoisotopic (exact) mass is 2070 g/mol. The molecule has 16 rings (SSSR count). The SMILES string of the molecule is CC(C)CCCC(C)[C@H]1CCC2C3CC[C@H]4C[C@@H](NCCCNCCCCN)CC[C@]4(C)C3CC[C@@]21C.CC(C)CCCC(C)[C@H]1CCC2C3CC[C@H]4C[C@H](NCCCNCCCCN)CC[C@]4(C)C3CC[C@@]21C.CC(CCC(=O)CO)[C@H]1CCC2C3CC[C@H]4C[C@@H](NCCCNCCCCN)CC[C@]4(C)C3CC[C@@]21C.CC(CCC(=O)CO)[C@H]1CCC2C3CC[C@H]4C[C@H](NCCCNCCCCN)CC[C@]4(C)C3CC[C@@]21C. The van der Waals surface area contributed by atoms with Gasteiger partial charge in [0, 0.05) is 37.0 Å². The number of rotatable bonds is 56. The number of Topliss-reactive ketones (excluding diaryl/α,β-unsaturated/α-hetero) is 2. The van der Waals surface area contributed by atoms with E-state index in [0.717, 1.165) is 296 Å². The van der Waals surface area contributed by atoms with Gasteiger partial charge in [0.2, 0.25) is 0 Å².